The number of carbonyl (C=O) groups excluding carboxylic acids is 1. The maximum absolute atomic E-state index is 12.4. The molecule has 3 rings (SSSR count). The number of fused-ring (bicyclic) bond motifs is 1. The summed E-state index contributed by atoms with van der Waals surface area (Å²) in [4.78, 5) is 14.4. The Morgan fingerprint density at radius 3 is 2.59 bits per heavy atom. The topological polar surface area (TPSA) is 25.2 Å². The molecule has 3 heteroatoms. The second-order valence-electron chi connectivity index (χ2n) is 6.13. The summed E-state index contributed by atoms with van der Waals surface area (Å²) in [7, 11) is 2.08. The van der Waals surface area contributed by atoms with E-state index in [1.165, 1.54) is 22.4 Å². The highest BCUT2D eigenvalue weighted by Gasteiger charge is 2.21. The van der Waals surface area contributed by atoms with Gasteiger partial charge in [0.05, 0.1) is 0 Å². The van der Waals surface area contributed by atoms with E-state index in [-0.39, 0.29) is 5.91 Å². The van der Waals surface area contributed by atoms with Crippen molar-refractivity contribution in [3.05, 3.63) is 58.9 Å². The van der Waals surface area contributed by atoms with Crippen LogP contribution in [0.5, 0.6) is 0 Å². The monoisotopic (exact) mass is 296 g/mol. The van der Waals surface area contributed by atoms with Crippen molar-refractivity contribution in [3.63, 3.8) is 0 Å². The van der Waals surface area contributed by atoms with Crippen molar-refractivity contribution >= 4 is 5.91 Å². The van der Waals surface area contributed by atoms with Crippen molar-refractivity contribution in [2.45, 2.75) is 39.2 Å². The summed E-state index contributed by atoms with van der Waals surface area (Å²) >= 11 is 0. The van der Waals surface area contributed by atoms with Crippen LogP contribution in [0.1, 0.15) is 35.7 Å². The maximum atomic E-state index is 12.4. The summed E-state index contributed by atoms with van der Waals surface area (Å²) in [5.74, 6) is 0.272. The predicted molar refractivity (Wildman–Crippen MR) is 88.7 cm³/mol. The molecule has 0 bridgehead atoms. The van der Waals surface area contributed by atoms with E-state index >= 15 is 0 Å². The van der Waals surface area contributed by atoms with Gasteiger partial charge in [0.1, 0.15) is 0 Å². The Morgan fingerprint density at radius 2 is 1.86 bits per heavy atom. The summed E-state index contributed by atoms with van der Waals surface area (Å²) in [6, 6.07) is 10.8. The number of aromatic nitrogens is 1. The van der Waals surface area contributed by atoms with E-state index in [9.17, 15) is 4.79 Å². The van der Waals surface area contributed by atoms with E-state index < -0.39 is 0 Å². The first-order valence-electron chi connectivity index (χ1n) is 8.16. The van der Waals surface area contributed by atoms with Crippen LogP contribution in [-0.4, -0.2) is 21.9 Å². The Kier molecular flexibility index (Phi) is 4.32. The molecule has 0 atom stereocenters. The van der Waals surface area contributed by atoms with Gasteiger partial charge < -0.3 is 9.47 Å². The average molecular weight is 296 g/mol. The van der Waals surface area contributed by atoms with Crippen molar-refractivity contribution in [1.82, 2.24) is 9.47 Å². The minimum absolute atomic E-state index is 0.272. The van der Waals surface area contributed by atoms with Gasteiger partial charge in [0.2, 0.25) is 5.91 Å². The zero-order chi connectivity index (χ0) is 15.5. The van der Waals surface area contributed by atoms with E-state index in [1.807, 2.05) is 4.90 Å². The molecule has 1 amide bonds. The fourth-order valence-corrected chi connectivity index (χ4v) is 3.18. The Balaban J connectivity index is 1.56. The number of nitrogens with zero attached hydrogens (tertiary/aromatic N) is 2. The van der Waals surface area contributed by atoms with Gasteiger partial charge in [-0.15, -0.1) is 0 Å². The largest absolute Gasteiger partial charge is 0.354 e. The number of rotatable bonds is 4. The molecule has 1 aliphatic rings. The first kappa shape index (κ1) is 14.9. The van der Waals surface area contributed by atoms with Gasteiger partial charge in [0, 0.05) is 44.9 Å². The Hall–Kier alpha value is -2.03. The van der Waals surface area contributed by atoms with Crippen LogP contribution in [0.4, 0.5) is 0 Å². The van der Waals surface area contributed by atoms with Gasteiger partial charge in [-0.1, -0.05) is 31.2 Å². The molecule has 0 N–H and O–H groups in total. The van der Waals surface area contributed by atoms with E-state index in [2.05, 4.69) is 55.1 Å². The summed E-state index contributed by atoms with van der Waals surface area (Å²) in [5.41, 5.74) is 5.28. The highest BCUT2D eigenvalue weighted by Crippen LogP contribution is 2.20. The summed E-state index contributed by atoms with van der Waals surface area (Å²) < 4.78 is 2.17. The van der Waals surface area contributed by atoms with Crippen molar-refractivity contribution in [1.29, 1.82) is 0 Å². The van der Waals surface area contributed by atoms with Crippen molar-refractivity contribution in [3.8, 4) is 0 Å². The van der Waals surface area contributed by atoms with E-state index in [4.69, 9.17) is 0 Å². The minimum atomic E-state index is 0.272. The second kappa shape index (κ2) is 6.39. The minimum Gasteiger partial charge on any atom is -0.354 e. The fraction of sp³-hybridized carbons (Fsp3) is 0.421. The van der Waals surface area contributed by atoms with Crippen LogP contribution >= 0.6 is 0 Å². The second-order valence-corrected chi connectivity index (χ2v) is 6.13. The van der Waals surface area contributed by atoms with Gasteiger partial charge in [0.15, 0.2) is 0 Å². The van der Waals surface area contributed by atoms with Gasteiger partial charge in [-0.25, -0.2) is 0 Å². The van der Waals surface area contributed by atoms with Crippen LogP contribution < -0.4 is 0 Å². The molecule has 22 heavy (non-hydrogen) atoms. The lowest BCUT2D eigenvalue weighted by Crippen LogP contribution is -2.36. The van der Waals surface area contributed by atoms with E-state index in [0.717, 1.165) is 32.4 Å². The molecule has 0 unspecified atom stereocenters. The maximum Gasteiger partial charge on any atom is 0.223 e. The molecular weight excluding hydrogens is 272 g/mol. The number of aryl methyl sites for hydroxylation is 3. The predicted octanol–water partition coefficient (Wildman–Crippen LogP) is 3.11. The fourth-order valence-electron chi connectivity index (χ4n) is 3.18. The lowest BCUT2D eigenvalue weighted by atomic mass is 10.0. The molecule has 0 aliphatic carbocycles. The lowest BCUT2D eigenvalue weighted by molar-refractivity contribution is -0.132. The van der Waals surface area contributed by atoms with Gasteiger partial charge in [0.25, 0.3) is 0 Å². The molecule has 0 spiro atoms. The third-order valence-electron chi connectivity index (χ3n) is 4.69. The highest BCUT2D eigenvalue weighted by molar-refractivity contribution is 5.76. The number of hydrogen-bond donors (Lipinski definition) is 0. The zero-order valence-corrected chi connectivity index (χ0v) is 13.5. The molecule has 0 radical (unpaired) electrons. The van der Waals surface area contributed by atoms with Gasteiger partial charge in [-0.3, -0.25) is 4.79 Å². The third-order valence-corrected chi connectivity index (χ3v) is 4.69. The molecule has 2 heterocycles. The number of benzene rings is 1. The molecule has 116 valence electrons. The van der Waals surface area contributed by atoms with Crippen molar-refractivity contribution in [2.24, 2.45) is 7.05 Å². The van der Waals surface area contributed by atoms with Gasteiger partial charge in [-0.05, 0) is 35.6 Å². The molecule has 1 aromatic carbocycles. The van der Waals surface area contributed by atoms with Crippen LogP contribution in [0, 0.1) is 0 Å². The SMILES string of the molecule is CCc1ccc(CCC(=O)N2CCc3c(ccn3C)C2)cc1. The molecular formula is C19H24N2O. The molecule has 0 saturated carbocycles. The summed E-state index contributed by atoms with van der Waals surface area (Å²) in [5, 5.41) is 0. The van der Waals surface area contributed by atoms with E-state index in [0.29, 0.717) is 6.42 Å². The van der Waals surface area contributed by atoms with Gasteiger partial charge >= 0.3 is 0 Å². The van der Waals surface area contributed by atoms with Crippen LogP contribution in [0.25, 0.3) is 0 Å². The molecule has 0 saturated heterocycles. The first-order valence-corrected chi connectivity index (χ1v) is 8.16. The van der Waals surface area contributed by atoms with Crippen molar-refractivity contribution in [2.75, 3.05) is 6.54 Å². The lowest BCUT2D eigenvalue weighted by Gasteiger charge is -2.28. The highest BCUT2D eigenvalue weighted by atomic mass is 16.2. The normalized spacial score (nSPS) is 14.0. The third kappa shape index (κ3) is 3.08. The van der Waals surface area contributed by atoms with Crippen LogP contribution in [-0.2, 0) is 37.6 Å². The Labute approximate surface area is 132 Å². The zero-order valence-electron chi connectivity index (χ0n) is 13.5. The quantitative estimate of drug-likeness (QED) is 0.851. The molecule has 2 aromatic rings. The Morgan fingerprint density at radius 1 is 1.14 bits per heavy atom. The molecule has 3 nitrogen and oxygen atoms in total. The molecule has 0 fully saturated rings. The van der Waals surface area contributed by atoms with Crippen LogP contribution in [0.2, 0.25) is 0 Å². The smallest absolute Gasteiger partial charge is 0.223 e. The van der Waals surface area contributed by atoms with Crippen molar-refractivity contribution < 1.29 is 4.79 Å². The van der Waals surface area contributed by atoms with Crippen LogP contribution in [0.15, 0.2) is 36.5 Å². The number of amides is 1. The molecule has 1 aliphatic heterocycles. The standard InChI is InChI=1S/C19H24N2O/c1-3-15-4-6-16(7-5-15)8-9-19(22)21-13-11-18-17(14-21)10-12-20(18)2/h4-7,10,12H,3,8-9,11,13-14H2,1-2H3. The van der Waals surface area contributed by atoms with Crippen LogP contribution in [0.3, 0.4) is 0 Å². The molecule has 1 aromatic heterocycles. The first-order chi connectivity index (χ1) is 10.7. The number of carbonyl (C=O) groups is 1. The summed E-state index contributed by atoms with van der Waals surface area (Å²) in [6.07, 6.45) is 5.56. The average Bonchev–Trinajstić information content (AvgIpc) is 2.93. The van der Waals surface area contributed by atoms with E-state index in [1.54, 1.807) is 0 Å². The summed E-state index contributed by atoms with van der Waals surface area (Å²) in [6.45, 7) is 3.77. The Bertz CT molecular complexity index is 655. The van der Waals surface area contributed by atoms with Gasteiger partial charge in [-0.2, -0.15) is 0 Å². The number of hydrogen-bond acceptors (Lipinski definition) is 1.